The smallest absolute Gasteiger partial charge is 0.255 e. The van der Waals surface area contributed by atoms with Gasteiger partial charge in [0.05, 0.1) is 0 Å². The number of anilines is 1. The summed E-state index contributed by atoms with van der Waals surface area (Å²) in [6.45, 7) is 0.0910. The van der Waals surface area contributed by atoms with Crippen LogP contribution in [0, 0.1) is 17.7 Å². The summed E-state index contributed by atoms with van der Waals surface area (Å²) in [5, 5.41) is 15.4. The molecule has 2 aromatic heterocycles. The molecule has 36 heavy (non-hydrogen) atoms. The molecule has 0 fully saturated rings. The minimum atomic E-state index is -1.29. The number of fused-ring (bicyclic) bond motifs is 1. The second kappa shape index (κ2) is 9.77. The lowest BCUT2D eigenvalue weighted by atomic mass is 10.0. The van der Waals surface area contributed by atoms with Crippen LogP contribution in [0.3, 0.4) is 0 Å². The van der Waals surface area contributed by atoms with Crippen molar-refractivity contribution in [3.05, 3.63) is 105 Å². The number of benzene rings is 2. The normalized spacial score (nSPS) is 13.1. The van der Waals surface area contributed by atoms with Gasteiger partial charge in [0.15, 0.2) is 5.13 Å². The first kappa shape index (κ1) is 23.5. The first-order valence-electron chi connectivity index (χ1n) is 10.7. The van der Waals surface area contributed by atoms with E-state index in [0.717, 1.165) is 18.2 Å². The van der Waals surface area contributed by atoms with E-state index in [9.17, 15) is 19.1 Å². The summed E-state index contributed by atoms with van der Waals surface area (Å²) in [7, 11) is 0. The number of rotatable bonds is 4. The van der Waals surface area contributed by atoms with Gasteiger partial charge < -0.3 is 10.0 Å². The van der Waals surface area contributed by atoms with E-state index in [-0.39, 0.29) is 17.9 Å². The summed E-state index contributed by atoms with van der Waals surface area (Å²) in [5.41, 5.74) is 2.29. The number of hydrogen-bond donors (Lipinski definition) is 2. The molecule has 178 valence electrons. The van der Waals surface area contributed by atoms with E-state index < -0.39 is 23.7 Å². The Balaban J connectivity index is 1.48. The molecule has 10 heteroatoms. The summed E-state index contributed by atoms with van der Waals surface area (Å²) < 4.78 is 14.1. The maximum atomic E-state index is 14.1. The zero-order valence-electron chi connectivity index (χ0n) is 18.4. The minimum absolute atomic E-state index is 0.0280. The van der Waals surface area contributed by atoms with E-state index in [1.807, 2.05) is 0 Å². The number of hydrogen-bond acceptors (Lipinski definition) is 6. The molecule has 7 nitrogen and oxygen atoms in total. The highest BCUT2D eigenvalue weighted by Crippen LogP contribution is 2.36. The van der Waals surface area contributed by atoms with Crippen molar-refractivity contribution in [1.29, 1.82) is 0 Å². The number of thiazole rings is 1. The van der Waals surface area contributed by atoms with Crippen LogP contribution < -0.4 is 5.32 Å². The number of aromatic nitrogens is 2. The van der Waals surface area contributed by atoms with Crippen molar-refractivity contribution in [1.82, 2.24) is 14.9 Å². The number of amides is 2. The monoisotopic (exact) mass is 518 g/mol. The Hall–Kier alpha value is -4.26. The van der Waals surface area contributed by atoms with E-state index in [2.05, 4.69) is 27.1 Å². The van der Waals surface area contributed by atoms with Gasteiger partial charge in [-0.05, 0) is 48.0 Å². The summed E-state index contributed by atoms with van der Waals surface area (Å²) in [6, 6.07) is 10.5. The van der Waals surface area contributed by atoms with Crippen LogP contribution in [-0.2, 0) is 11.3 Å². The number of pyridine rings is 1. The fraction of sp³-hybridized carbons (Fsp3) is 0.0769. The largest absolute Gasteiger partial charge is 0.508 e. The Morgan fingerprint density at radius 1 is 1.11 bits per heavy atom. The Morgan fingerprint density at radius 3 is 2.67 bits per heavy atom. The molecule has 3 heterocycles. The van der Waals surface area contributed by atoms with E-state index >= 15 is 0 Å². The number of nitrogens with one attached hydrogen (secondary N) is 1. The van der Waals surface area contributed by atoms with Gasteiger partial charge in [-0.25, -0.2) is 14.4 Å². The van der Waals surface area contributed by atoms with Crippen molar-refractivity contribution in [2.24, 2.45) is 0 Å². The number of phenolic OH excluding ortho intramolecular Hbond substituents is 1. The number of carbonyl (C=O) groups is 2. The third-order valence-corrected chi connectivity index (χ3v) is 6.42. The van der Waals surface area contributed by atoms with Crippen LogP contribution in [-0.4, -0.2) is 31.8 Å². The standard InChI is InChI=1S/C26H16ClFN4O3S/c27-22-12-16(7-8-29-22)2-1-15-3-4-17-14-32(25(35)19(17)11-15)23(20-13-18(28)5-6-21(20)33)24(34)31-26-30-9-10-36-26/h3-13,23,33H,14H2,(H,30,31,34)/t23-/m1/s1. The summed E-state index contributed by atoms with van der Waals surface area (Å²) in [4.78, 5) is 36.0. The third kappa shape index (κ3) is 4.77. The van der Waals surface area contributed by atoms with Gasteiger partial charge >= 0.3 is 0 Å². The Morgan fingerprint density at radius 2 is 1.92 bits per heavy atom. The molecule has 1 aliphatic rings. The van der Waals surface area contributed by atoms with Crippen molar-refractivity contribution >= 4 is 39.9 Å². The SMILES string of the molecule is O=C(Nc1nccs1)[C@@H](c1cc(F)ccc1O)N1Cc2ccc(C#Cc3ccnc(Cl)c3)cc2C1=O. The molecule has 0 saturated heterocycles. The molecular weight excluding hydrogens is 503 g/mol. The molecule has 0 saturated carbocycles. The Bertz CT molecular complexity index is 1550. The third-order valence-electron chi connectivity index (χ3n) is 5.53. The average molecular weight is 519 g/mol. The summed E-state index contributed by atoms with van der Waals surface area (Å²) in [6.07, 6.45) is 3.07. The number of nitrogens with zero attached hydrogens (tertiary/aromatic N) is 3. The van der Waals surface area contributed by atoms with Gasteiger partial charge in [-0.2, -0.15) is 0 Å². The molecule has 0 unspecified atom stereocenters. The maximum absolute atomic E-state index is 14.1. The molecule has 0 bridgehead atoms. The fourth-order valence-electron chi connectivity index (χ4n) is 3.89. The van der Waals surface area contributed by atoms with Gasteiger partial charge in [-0.1, -0.05) is 29.5 Å². The van der Waals surface area contributed by atoms with Crippen LogP contribution in [0.2, 0.25) is 5.15 Å². The molecular formula is C26H16ClFN4O3S. The molecule has 5 rings (SSSR count). The maximum Gasteiger partial charge on any atom is 0.255 e. The molecule has 1 aliphatic heterocycles. The second-order valence-electron chi connectivity index (χ2n) is 7.85. The van der Waals surface area contributed by atoms with E-state index in [1.165, 1.54) is 22.4 Å². The second-order valence-corrected chi connectivity index (χ2v) is 9.14. The van der Waals surface area contributed by atoms with Gasteiger partial charge in [0.1, 0.15) is 22.8 Å². The number of phenols is 1. The van der Waals surface area contributed by atoms with Crippen LogP contribution >= 0.6 is 22.9 Å². The van der Waals surface area contributed by atoms with Gasteiger partial charge in [0.25, 0.3) is 11.8 Å². The molecule has 2 aromatic carbocycles. The van der Waals surface area contributed by atoms with Crippen molar-refractivity contribution in [2.45, 2.75) is 12.6 Å². The molecule has 0 aliphatic carbocycles. The first-order chi connectivity index (χ1) is 17.4. The highest BCUT2D eigenvalue weighted by molar-refractivity contribution is 7.13. The average Bonchev–Trinajstić information content (AvgIpc) is 3.48. The molecule has 2 N–H and O–H groups in total. The van der Waals surface area contributed by atoms with E-state index in [1.54, 1.807) is 41.9 Å². The molecule has 0 radical (unpaired) electrons. The first-order valence-corrected chi connectivity index (χ1v) is 11.9. The lowest BCUT2D eigenvalue weighted by Gasteiger charge is -2.27. The summed E-state index contributed by atoms with van der Waals surface area (Å²) in [5.74, 6) is 3.97. The van der Waals surface area contributed by atoms with Gasteiger partial charge in [-0.15, -0.1) is 11.3 Å². The van der Waals surface area contributed by atoms with Crippen molar-refractivity contribution in [3.63, 3.8) is 0 Å². The predicted molar refractivity (Wildman–Crippen MR) is 133 cm³/mol. The molecule has 1 atom stereocenters. The minimum Gasteiger partial charge on any atom is -0.508 e. The molecule has 0 spiro atoms. The van der Waals surface area contributed by atoms with Crippen LogP contribution in [0.25, 0.3) is 0 Å². The van der Waals surface area contributed by atoms with Crippen molar-refractivity contribution in [3.8, 4) is 17.6 Å². The van der Waals surface area contributed by atoms with Crippen LogP contribution in [0.1, 0.15) is 38.7 Å². The lowest BCUT2D eigenvalue weighted by Crippen LogP contribution is -2.37. The zero-order valence-corrected chi connectivity index (χ0v) is 20.0. The predicted octanol–water partition coefficient (Wildman–Crippen LogP) is 4.77. The summed E-state index contributed by atoms with van der Waals surface area (Å²) >= 11 is 7.10. The van der Waals surface area contributed by atoms with Crippen molar-refractivity contribution < 1.29 is 19.1 Å². The fourth-order valence-corrected chi connectivity index (χ4v) is 4.59. The Kier molecular flexibility index (Phi) is 6.38. The van der Waals surface area contributed by atoms with Crippen LogP contribution in [0.5, 0.6) is 5.75 Å². The number of carbonyl (C=O) groups excluding carboxylic acids is 2. The highest BCUT2D eigenvalue weighted by atomic mass is 35.5. The van der Waals surface area contributed by atoms with Gasteiger partial charge in [0, 0.05) is 46.6 Å². The van der Waals surface area contributed by atoms with Crippen LogP contribution in [0.4, 0.5) is 9.52 Å². The Labute approximate surface area is 214 Å². The van der Waals surface area contributed by atoms with E-state index in [0.29, 0.717) is 32.5 Å². The molecule has 4 aromatic rings. The topological polar surface area (TPSA) is 95.4 Å². The highest BCUT2D eigenvalue weighted by Gasteiger charge is 2.39. The number of aromatic hydroxyl groups is 1. The zero-order chi connectivity index (χ0) is 25.2. The molecule has 2 amide bonds. The van der Waals surface area contributed by atoms with Crippen LogP contribution in [0.15, 0.2) is 66.3 Å². The van der Waals surface area contributed by atoms with E-state index in [4.69, 9.17) is 11.6 Å². The van der Waals surface area contributed by atoms with Crippen molar-refractivity contribution in [2.75, 3.05) is 5.32 Å². The lowest BCUT2D eigenvalue weighted by molar-refractivity contribution is -0.120. The number of halogens is 2. The van der Waals surface area contributed by atoms with Gasteiger partial charge in [-0.3, -0.25) is 14.9 Å². The quantitative estimate of drug-likeness (QED) is 0.300. The van der Waals surface area contributed by atoms with Gasteiger partial charge in [0.2, 0.25) is 0 Å².